The van der Waals surface area contributed by atoms with Crippen LogP contribution in [0, 0.1) is 0 Å². The summed E-state index contributed by atoms with van der Waals surface area (Å²) in [5.74, 6) is -0.906. The Labute approximate surface area is 119 Å². The molecule has 116 valence electrons. The third kappa shape index (κ3) is 5.56. The van der Waals surface area contributed by atoms with Crippen molar-refractivity contribution in [2.45, 2.75) is 46.1 Å². The van der Waals surface area contributed by atoms with Gasteiger partial charge >= 0.3 is 6.09 Å². The SMILES string of the molecule is COC(=O)N(CCCC(=O)N(OC)C(C)=O)C(C)(C)C. The van der Waals surface area contributed by atoms with Crippen molar-refractivity contribution >= 4 is 17.9 Å². The van der Waals surface area contributed by atoms with Gasteiger partial charge in [-0.25, -0.2) is 4.79 Å². The van der Waals surface area contributed by atoms with Crippen molar-refractivity contribution in [3.63, 3.8) is 0 Å². The average Bonchev–Trinajstić information content (AvgIpc) is 2.32. The van der Waals surface area contributed by atoms with Crippen LogP contribution in [0.25, 0.3) is 0 Å². The number of hydroxylamine groups is 2. The van der Waals surface area contributed by atoms with Crippen LogP contribution in [0.15, 0.2) is 0 Å². The summed E-state index contributed by atoms with van der Waals surface area (Å²) in [4.78, 5) is 40.7. The summed E-state index contributed by atoms with van der Waals surface area (Å²) in [6.07, 6.45) is 0.0788. The van der Waals surface area contributed by atoms with Gasteiger partial charge in [-0.05, 0) is 27.2 Å². The lowest BCUT2D eigenvalue weighted by molar-refractivity contribution is -0.185. The fourth-order valence-electron chi connectivity index (χ4n) is 1.71. The first kappa shape index (κ1) is 18.4. The molecule has 0 saturated carbocycles. The van der Waals surface area contributed by atoms with Crippen molar-refractivity contribution in [2.24, 2.45) is 0 Å². The number of amides is 3. The Morgan fingerprint density at radius 2 is 1.65 bits per heavy atom. The molecule has 0 spiro atoms. The van der Waals surface area contributed by atoms with Gasteiger partial charge in [-0.1, -0.05) is 0 Å². The van der Waals surface area contributed by atoms with E-state index in [1.807, 2.05) is 20.8 Å². The zero-order valence-corrected chi connectivity index (χ0v) is 13.1. The monoisotopic (exact) mass is 288 g/mol. The summed E-state index contributed by atoms with van der Waals surface area (Å²) in [5.41, 5.74) is -0.405. The first-order valence-corrected chi connectivity index (χ1v) is 6.38. The summed E-state index contributed by atoms with van der Waals surface area (Å²) in [7, 11) is 2.57. The Morgan fingerprint density at radius 3 is 2.00 bits per heavy atom. The molecule has 7 heteroatoms. The highest BCUT2D eigenvalue weighted by atomic mass is 16.7. The molecule has 0 radical (unpaired) electrons. The van der Waals surface area contributed by atoms with E-state index in [9.17, 15) is 14.4 Å². The number of imide groups is 1. The summed E-state index contributed by atoms with van der Waals surface area (Å²) in [6.45, 7) is 7.24. The molecule has 0 N–H and O–H groups in total. The molecule has 0 aromatic rings. The van der Waals surface area contributed by atoms with Crippen LogP contribution in [0.2, 0.25) is 0 Å². The third-order valence-electron chi connectivity index (χ3n) is 2.67. The minimum absolute atomic E-state index is 0.108. The second kappa shape index (κ2) is 7.84. The molecule has 0 aromatic carbocycles. The van der Waals surface area contributed by atoms with Crippen LogP contribution in [0.5, 0.6) is 0 Å². The zero-order valence-electron chi connectivity index (χ0n) is 13.1. The largest absolute Gasteiger partial charge is 0.453 e. The van der Waals surface area contributed by atoms with E-state index in [-0.39, 0.29) is 6.42 Å². The van der Waals surface area contributed by atoms with Crippen molar-refractivity contribution < 1.29 is 24.0 Å². The van der Waals surface area contributed by atoms with Crippen LogP contribution in [0.1, 0.15) is 40.5 Å². The molecule has 0 aromatic heterocycles. The molecule has 0 saturated heterocycles. The van der Waals surface area contributed by atoms with Crippen LogP contribution in [-0.4, -0.2) is 54.2 Å². The maximum absolute atomic E-state index is 11.7. The van der Waals surface area contributed by atoms with E-state index >= 15 is 0 Å². The van der Waals surface area contributed by atoms with E-state index in [0.29, 0.717) is 18.0 Å². The van der Waals surface area contributed by atoms with Crippen molar-refractivity contribution in [1.29, 1.82) is 0 Å². The second-order valence-electron chi connectivity index (χ2n) is 5.29. The summed E-state index contributed by atoms with van der Waals surface area (Å²) in [6, 6.07) is 0. The van der Waals surface area contributed by atoms with Gasteiger partial charge in [0.25, 0.3) is 5.91 Å². The van der Waals surface area contributed by atoms with E-state index in [4.69, 9.17) is 9.57 Å². The first-order valence-electron chi connectivity index (χ1n) is 6.38. The minimum atomic E-state index is -0.474. The number of rotatable bonds is 5. The highest BCUT2D eigenvalue weighted by Crippen LogP contribution is 2.15. The molecule has 0 aliphatic rings. The molecule has 0 bridgehead atoms. The van der Waals surface area contributed by atoms with Crippen LogP contribution in [0.3, 0.4) is 0 Å². The summed E-state index contributed by atoms with van der Waals surface area (Å²) < 4.78 is 4.72. The third-order valence-corrected chi connectivity index (χ3v) is 2.67. The van der Waals surface area contributed by atoms with Crippen molar-refractivity contribution in [1.82, 2.24) is 9.96 Å². The smallest absolute Gasteiger partial charge is 0.409 e. The number of hydrogen-bond donors (Lipinski definition) is 0. The Kier molecular flexibility index (Phi) is 7.20. The molecule has 0 rings (SSSR count). The lowest BCUT2D eigenvalue weighted by atomic mass is 10.1. The van der Waals surface area contributed by atoms with Crippen LogP contribution in [0.4, 0.5) is 4.79 Å². The summed E-state index contributed by atoms with van der Waals surface area (Å²) in [5, 5.41) is 0.708. The van der Waals surface area contributed by atoms with Crippen molar-refractivity contribution in [3.05, 3.63) is 0 Å². The van der Waals surface area contributed by atoms with Gasteiger partial charge in [0.15, 0.2) is 0 Å². The Hall–Kier alpha value is -1.63. The number of hydrogen-bond acceptors (Lipinski definition) is 5. The highest BCUT2D eigenvalue weighted by molar-refractivity contribution is 5.92. The zero-order chi connectivity index (χ0) is 15.9. The van der Waals surface area contributed by atoms with Gasteiger partial charge in [0.2, 0.25) is 5.91 Å². The Bertz CT molecular complexity index is 362. The van der Waals surface area contributed by atoms with E-state index in [0.717, 1.165) is 0 Å². The van der Waals surface area contributed by atoms with Crippen LogP contribution < -0.4 is 0 Å². The van der Waals surface area contributed by atoms with Gasteiger partial charge in [0.05, 0.1) is 14.2 Å². The van der Waals surface area contributed by atoms with E-state index in [2.05, 4.69) is 0 Å². The van der Waals surface area contributed by atoms with Crippen LogP contribution in [-0.2, 0) is 19.2 Å². The minimum Gasteiger partial charge on any atom is -0.453 e. The van der Waals surface area contributed by atoms with Gasteiger partial charge in [-0.2, -0.15) is 5.06 Å². The molecule has 0 aliphatic heterocycles. The normalized spacial score (nSPS) is 10.9. The lowest BCUT2D eigenvalue weighted by Gasteiger charge is -2.34. The topological polar surface area (TPSA) is 76.2 Å². The van der Waals surface area contributed by atoms with Crippen molar-refractivity contribution in [2.75, 3.05) is 20.8 Å². The molecular weight excluding hydrogens is 264 g/mol. The average molecular weight is 288 g/mol. The molecule has 0 heterocycles. The molecule has 0 fully saturated rings. The van der Waals surface area contributed by atoms with Gasteiger partial charge < -0.3 is 9.64 Å². The number of methoxy groups -OCH3 is 1. The highest BCUT2D eigenvalue weighted by Gasteiger charge is 2.27. The predicted octanol–water partition coefficient (Wildman–Crippen LogP) is 1.57. The molecule has 0 unspecified atom stereocenters. The first-order chi connectivity index (χ1) is 9.15. The molecular formula is C13H24N2O5. The Balaban J connectivity index is 4.49. The van der Waals surface area contributed by atoms with Gasteiger partial charge in [0.1, 0.15) is 0 Å². The molecule has 0 atom stereocenters. The molecule has 20 heavy (non-hydrogen) atoms. The molecule has 0 aliphatic carbocycles. The maximum atomic E-state index is 11.7. The lowest BCUT2D eigenvalue weighted by Crippen LogP contribution is -2.46. The quantitative estimate of drug-likeness (QED) is 0.718. The molecule has 3 amide bonds. The molecule has 7 nitrogen and oxygen atoms in total. The van der Waals surface area contributed by atoms with E-state index < -0.39 is 23.4 Å². The fraction of sp³-hybridized carbons (Fsp3) is 0.769. The number of ether oxygens (including phenoxy) is 1. The van der Waals surface area contributed by atoms with Crippen molar-refractivity contribution in [3.8, 4) is 0 Å². The van der Waals surface area contributed by atoms with Gasteiger partial charge in [0, 0.05) is 25.4 Å². The predicted molar refractivity (Wildman–Crippen MR) is 72.6 cm³/mol. The standard InChI is InChI=1S/C13H24N2O5/c1-10(16)15(20-6)11(17)8-7-9-14(12(18)19-5)13(2,3)4/h7-9H2,1-6H3. The van der Waals surface area contributed by atoms with Gasteiger partial charge in [-0.15, -0.1) is 0 Å². The van der Waals surface area contributed by atoms with Crippen LogP contribution >= 0.6 is 0 Å². The summed E-state index contributed by atoms with van der Waals surface area (Å²) >= 11 is 0. The number of carbonyl (C=O) groups excluding carboxylic acids is 3. The fourth-order valence-corrected chi connectivity index (χ4v) is 1.71. The maximum Gasteiger partial charge on any atom is 0.409 e. The van der Waals surface area contributed by atoms with E-state index in [1.165, 1.54) is 26.0 Å². The Morgan fingerprint density at radius 1 is 1.10 bits per heavy atom. The second-order valence-corrected chi connectivity index (χ2v) is 5.29. The number of nitrogens with zero attached hydrogens (tertiary/aromatic N) is 2. The van der Waals surface area contributed by atoms with E-state index in [1.54, 1.807) is 0 Å². The van der Waals surface area contributed by atoms with Gasteiger partial charge in [-0.3, -0.25) is 14.4 Å². The number of carbonyl (C=O) groups is 3.